The van der Waals surface area contributed by atoms with Gasteiger partial charge in [0.25, 0.3) is 0 Å². The number of benzene rings is 1. The number of rotatable bonds is 4. The van der Waals surface area contributed by atoms with Crippen LogP contribution in [0.1, 0.15) is 49.5 Å². The molecular formula is C13H18CrO3. The minimum absolute atomic E-state index is 0. The van der Waals surface area contributed by atoms with E-state index in [1.807, 2.05) is 33.8 Å². The number of hydrogen-bond donors (Lipinski definition) is 1. The van der Waals surface area contributed by atoms with E-state index in [0.717, 1.165) is 5.56 Å². The molecule has 0 aliphatic rings. The fraction of sp³-hybridized carbons (Fsp3) is 0.462. The predicted molar refractivity (Wildman–Crippen MR) is 63.3 cm³/mol. The molecule has 0 aliphatic heterocycles. The van der Waals surface area contributed by atoms with Crippen LogP contribution < -0.4 is 4.74 Å². The molecule has 0 saturated heterocycles. The van der Waals surface area contributed by atoms with Crippen molar-refractivity contribution in [2.75, 3.05) is 0 Å². The quantitative estimate of drug-likeness (QED) is 0.916. The molecule has 17 heavy (non-hydrogen) atoms. The van der Waals surface area contributed by atoms with Crippen LogP contribution in [-0.4, -0.2) is 17.2 Å². The van der Waals surface area contributed by atoms with Crippen LogP contribution in [0.15, 0.2) is 18.2 Å². The topological polar surface area (TPSA) is 46.5 Å². The van der Waals surface area contributed by atoms with Gasteiger partial charge in [-0.1, -0.05) is 26.0 Å². The second-order valence-corrected chi connectivity index (χ2v) is 4.35. The molecule has 0 heterocycles. The zero-order valence-electron chi connectivity index (χ0n) is 10.6. The summed E-state index contributed by atoms with van der Waals surface area (Å²) >= 11 is 0. The van der Waals surface area contributed by atoms with E-state index in [1.165, 1.54) is 0 Å². The van der Waals surface area contributed by atoms with E-state index >= 15 is 0 Å². The summed E-state index contributed by atoms with van der Waals surface area (Å²) in [5.74, 6) is -0.203. The van der Waals surface area contributed by atoms with Gasteiger partial charge in [-0.2, -0.15) is 0 Å². The van der Waals surface area contributed by atoms with Gasteiger partial charge in [-0.3, -0.25) is 0 Å². The Morgan fingerprint density at radius 3 is 2.24 bits per heavy atom. The van der Waals surface area contributed by atoms with Gasteiger partial charge in [0.05, 0.1) is 6.10 Å². The van der Waals surface area contributed by atoms with Crippen molar-refractivity contribution in [2.45, 2.75) is 39.7 Å². The standard InChI is InChI=1S/C13H18O3.Cr/c1-8(2)10-6-5-7-11(13(14)15)12(10)16-9(3)4;/h5-9H,1-4H3,(H,14,15);. The second kappa shape index (κ2) is 6.68. The van der Waals surface area contributed by atoms with E-state index in [0.29, 0.717) is 5.75 Å². The minimum atomic E-state index is -0.946. The molecule has 0 fully saturated rings. The molecule has 0 bridgehead atoms. The van der Waals surface area contributed by atoms with Crippen molar-refractivity contribution in [2.24, 2.45) is 0 Å². The summed E-state index contributed by atoms with van der Waals surface area (Å²) in [5.41, 5.74) is 1.17. The van der Waals surface area contributed by atoms with Crippen LogP contribution >= 0.6 is 0 Å². The third-order valence-electron chi connectivity index (χ3n) is 2.25. The summed E-state index contributed by atoms with van der Waals surface area (Å²) in [5, 5.41) is 9.10. The predicted octanol–water partition coefficient (Wildman–Crippen LogP) is 3.29. The van der Waals surface area contributed by atoms with Crippen LogP contribution in [0.5, 0.6) is 5.75 Å². The van der Waals surface area contributed by atoms with Crippen LogP contribution in [0.4, 0.5) is 0 Å². The molecule has 1 rings (SSSR count). The van der Waals surface area contributed by atoms with E-state index in [4.69, 9.17) is 9.84 Å². The van der Waals surface area contributed by atoms with E-state index < -0.39 is 5.97 Å². The molecule has 1 aromatic carbocycles. The average Bonchev–Trinajstić information content (AvgIpc) is 2.16. The Labute approximate surface area is 113 Å². The van der Waals surface area contributed by atoms with Crippen LogP contribution in [-0.2, 0) is 17.4 Å². The molecule has 0 spiro atoms. The van der Waals surface area contributed by atoms with Crippen molar-refractivity contribution in [1.29, 1.82) is 0 Å². The number of carboxylic acid groups (broad SMARTS) is 1. The number of ether oxygens (including phenoxy) is 1. The Morgan fingerprint density at radius 2 is 1.82 bits per heavy atom. The number of carbonyl (C=O) groups is 1. The third kappa shape index (κ3) is 4.07. The van der Waals surface area contributed by atoms with Gasteiger partial charge in [0.1, 0.15) is 11.3 Å². The zero-order valence-corrected chi connectivity index (χ0v) is 11.8. The Bertz CT molecular complexity index is 386. The van der Waals surface area contributed by atoms with Crippen molar-refractivity contribution >= 4 is 5.97 Å². The van der Waals surface area contributed by atoms with Gasteiger partial charge in [-0.05, 0) is 31.4 Å². The Kier molecular flexibility index (Phi) is 6.30. The summed E-state index contributed by atoms with van der Waals surface area (Å²) in [6.45, 7) is 7.83. The van der Waals surface area contributed by atoms with Crippen LogP contribution in [0.25, 0.3) is 0 Å². The zero-order chi connectivity index (χ0) is 12.3. The normalized spacial score (nSPS) is 10.2. The molecule has 1 N–H and O–H groups in total. The molecular weight excluding hydrogens is 256 g/mol. The van der Waals surface area contributed by atoms with Gasteiger partial charge in [0.2, 0.25) is 0 Å². The Hall–Kier alpha value is -0.978. The van der Waals surface area contributed by atoms with E-state index in [2.05, 4.69) is 0 Å². The summed E-state index contributed by atoms with van der Waals surface area (Å²) in [4.78, 5) is 11.1. The molecule has 0 amide bonds. The van der Waals surface area contributed by atoms with Crippen LogP contribution in [0, 0.1) is 0 Å². The molecule has 0 atom stereocenters. The Balaban J connectivity index is 0.00000256. The Morgan fingerprint density at radius 1 is 1.24 bits per heavy atom. The molecule has 0 unspecified atom stereocenters. The minimum Gasteiger partial charge on any atom is -0.490 e. The van der Waals surface area contributed by atoms with Crippen molar-refractivity contribution < 1.29 is 32.0 Å². The maximum Gasteiger partial charge on any atom is 0.339 e. The number of para-hydroxylation sites is 1. The van der Waals surface area contributed by atoms with Gasteiger partial charge in [0.15, 0.2) is 0 Å². The molecule has 0 radical (unpaired) electrons. The SMILES string of the molecule is CC(C)Oc1c(C(=O)O)cccc1C(C)C.[Cr]. The molecule has 94 valence electrons. The third-order valence-corrected chi connectivity index (χ3v) is 2.25. The molecule has 0 saturated carbocycles. The van der Waals surface area contributed by atoms with Crippen molar-refractivity contribution in [1.82, 2.24) is 0 Å². The average molecular weight is 274 g/mol. The van der Waals surface area contributed by atoms with Crippen molar-refractivity contribution in [3.05, 3.63) is 29.3 Å². The summed E-state index contributed by atoms with van der Waals surface area (Å²) in [7, 11) is 0. The molecule has 3 nitrogen and oxygen atoms in total. The number of carboxylic acids is 1. The van der Waals surface area contributed by atoms with Gasteiger partial charge in [-0.15, -0.1) is 0 Å². The van der Waals surface area contributed by atoms with Gasteiger partial charge in [0, 0.05) is 17.4 Å². The summed E-state index contributed by atoms with van der Waals surface area (Å²) in [6.07, 6.45) is -0.0296. The first-order valence-corrected chi connectivity index (χ1v) is 5.46. The molecule has 0 aromatic heterocycles. The van der Waals surface area contributed by atoms with E-state index in [1.54, 1.807) is 12.1 Å². The van der Waals surface area contributed by atoms with Crippen LogP contribution in [0.2, 0.25) is 0 Å². The first-order valence-electron chi connectivity index (χ1n) is 5.46. The van der Waals surface area contributed by atoms with Gasteiger partial charge >= 0.3 is 5.97 Å². The van der Waals surface area contributed by atoms with Crippen LogP contribution in [0.3, 0.4) is 0 Å². The summed E-state index contributed by atoms with van der Waals surface area (Å²) in [6, 6.07) is 5.24. The van der Waals surface area contributed by atoms with Gasteiger partial charge < -0.3 is 9.84 Å². The fourth-order valence-electron chi connectivity index (χ4n) is 1.55. The molecule has 0 aliphatic carbocycles. The maximum atomic E-state index is 11.1. The first kappa shape index (κ1) is 16.0. The van der Waals surface area contributed by atoms with E-state index in [9.17, 15) is 4.79 Å². The molecule has 1 aromatic rings. The first-order chi connectivity index (χ1) is 7.43. The maximum absolute atomic E-state index is 11.1. The number of aromatic carboxylic acids is 1. The van der Waals surface area contributed by atoms with E-state index in [-0.39, 0.29) is 34.9 Å². The molecule has 4 heteroatoms. The fourth-order valence-corrected chi connectivity index (χ4v) is 1.55. The largest absolute Gasteiger partial charge is 0.490 e. The van der Waals surface area contributed by atoms with Crippen molar-refractivity contribution in [3.63, 3.8) is 0 Å². The number of hydrogen-bond acceptors (Lipinski definition) is 2. The second-order valence-electron chi connectivity index (χ2n) is 4.35. The smallest absolute Gasteiger partial charge is 0.339 e. The van der Waals surface area contributed by atoms with Crippen molar-refractivity contribution in [3.8, 4) is 5.75 Å². The summed E-state index contributed by atoms with van der Waals surface area (Å²) < 4.78 is 5.62. The monoisotopic (exact) mass is 274 g/mol. The van der Waals surface area contributed by atoms with Gasteiger partial charge in [-0.25, -0.2) is 4.79 Å².